The summed E-state index contributed by atoms with van der Waals surface area (Å²) in [5.41, 5.74) is 3.13. The van der Waals surface area contributed by atoms with E-state index in [1.807, 2.05) is 43.6 Å². The second kappa shape index (κ2) is 4.94. The molecule has 0 amide bonds. The van der Waals surface area contributed by atoms with Crippen LogP contribution >= 0.6 is 11.6 Å². The number of halogens is 1. The van der Waals surface area contributed by atoms with Gasteiger partial charge in [0.15, 0.2) is 0 Å². The topological polar surface area (TPSA) is 29.9 Å². The molecule has 1 aromatic carbocycles. The summed E-state index contributed by atoms with van der Waals surface area (Å²) in [5, 5.41) is 5.12. The molecule has 0 bridgehead atoms. The first-order chi connectivity index (χ1) is 9.25. The Bertz CT molecular complexity index is 718. The Morgan fingerprint density at radius 3 is 2.89 bits per heavy atom. The highest BCUT2D eigenvalue weighted by molar-refractivity contribution is 6.35. The van der Waals surface area contributed by atoms with E-state index in [0.29, 0.717) is 0 Å². The number of benzene rings is 1. The molecule has 0 spiro atoms. The molecule has 4 heteroatoms. The maximum absolute atomic E-state index is 6.18. The van der Waals surface area contributed by atoms with Crippen molar-refractivity contribution in [3.05, 3.63) is 59.5 Å². The zero-order valence-electron chi connectivity index (χ0n) is 10.6. The van der Waals surface area contributed by atoms with Crippen LogP contribution in [0.25, 0.3) is 10.9 Å². The van der Waals surface area contributed by atoms with Gasteiger partial charge in [-0.25, -0.2) is 0 Å². The summed E-state index contributed by atoms with van der Waals surface area (Å²) < 4.78 is 2.10. The molecular weight excluding hydrogens is 258 g/mol. The molecule has 0 aliphatic rings. The maximum atomic E-state index is 6.18. The lowest BCUT2D eigenvalue weighted by Crippen LogP contribution is -2.04. The summed E-state index contributed by atoms with van der Waals surface area (Å²) >= 11 is 6.18. The molecule has 3 aromatic rings. The fraction of sp³-hybridized carbons (Fsp3) is 0.133. The van der Waals surface area contributed by atoms with Crippen LogP contribution in [0.5, 0.6) is 0 Å². The van der Waals surface area contributed by atoms with Crippen LogP contribution in [-0.2, 0) is 13.6 Å². The predicted molar refractivity (Wildman–Crippen MR) is 79.5 cm³/mol. The second-order valence-electron chi connectivity index (χ2n) is 4.46. The molecule has 3 nitrogen and oxygen atoms in total. The lowest BCUT2D eigenvalue weighted by molar-refractivity contribution is 0.843. The lowest BCUT2D eigenvalue weighted by atomic mass is 10.2. The van der Waals surface area contributed by atoms with Crippen LogP contribution in [0.3, 0.4) is 0 Å². The van der Waals surface area contributed by atoms with Crippen LogP contribution in [0.15, 0.2) is 48.8 Å². The third-order valence-electron chi connectivity index (χ3n) is 3.23. The van der Waals surface area contributed by atoms with E-state index in [1.54, 1.807) is 6.20 Å². The largest absolute Gasteiger partial charge is 0.378 e. The highest BCUT2D eigenvalue weighted by Crippen LogP contribution is 2.28. The average molecular weight is 272 g/mol. The van der Waals surface area contributed by atoms with Gasteiger partial charge >= 0.3 is 0 Å². The van der Waals surface area contributed by atoms with Crippen LogP contribution in [0.1, 0.15) is 5.69 Å². The number of hydrogen-bond donors (Lipinski definition) is 1. The van der Waals surface area contributed by atoms with Gasteiger partial charge in [0.05, 0.1) is 22.8 Å². The molecule has 0 atom stereocenters. The van der Waals surface area contributed by atoms with Crippen LogP contribution < -0.4 is 5.32 Å². The molecule has 1 N–H and O–H groups in total. The quantitative estimate of drug-likeness (QED) is 0.784. The number of aromatic nitrogens is 2. The van der Waals surface area contributed by atoms with Gasteiger partial charge in [0.2, 0.25) is 0 Å². The first kappa shape index (κ1) is 12.1. The number of fused-ring (bicyclic) bond motifs is 1. The summed E-state index contributed by atoms with van der Waals surface area (Å²) in [5.74, 6) is 0. The van der Waals surface area contributed by atoms with E-state index in [-0.39, 0.29) is 0 Å². The Morgan fingerprint density at radius 1 is 1.21 bits per heavy atom. The van der Waals surface area contributed by atoms with Crippen molar-refractivity contribution < 1.29 is 0 Å². The maximum Gasteiger partial charge on any atom is 0.0948 e. The van der Waals surface area contributed by atoms with Crippen molar-refractivity contribution in [2.45, 2.75) is 6.54 Å². The summed E-state index contributed by atoms with van der Waals surface area (Å²) in [6, 6.07) is 11.9. The highest BCUT2D eigenvalue weighted by Gasteiger charge is 2.05. The van der Waals surface area contributed by atoms with Gasteiger partial charge in [-0.3, -0.25) is 4.98 Å². The van der Waals surface area contributed by atoms with Crippen molar-refractivity contribution in [3.63, 3.8) is 0 Å². The van der Waals surface area contributed by atoms with E-state index in [9.17, 15) is 0 Å². The molecule has 0 unspecified atom stereocenters. The summed E-state index contributed by atoms with van der Waals surface area (Å²) in [6.45, 7) is 0.761. The molecule has 0 saturated heterocycles. The molecule has 96 valence electrons. The van der Waals surface area contributed by atoms with Crippen molar-refractivity contribution in [1.29, 1.82) is 0 Å². The fourth-order valence-electron chi connectivity index (χ4n) is 2.15. The smallest absolute Gasteiger partial charge is 0.0948 e. The number of aryl methyl sites for hydroxylation is 1. The monoisotopic (exact) mass is 271 g/mol. The zero-order valence-corrected chi connectivity index (χ0v) is 11.4. The molecule has 0 aliphatic carbocycles. The van der Waals surface area contributed by atoms with Crippen molar-refractivity contribution in [1.82, 2.24) is 9.55 Å². The fourth-order valence-corrected chi connectivity index (χ4v) is 2.36. The minimum absolute atomic E-state index is 0.729. The van der Waals surface area contributed by atoms with Crippen LogP contribution in [0.2, 0.25) is 5.02 Å². The molecule has 2 aromatic heterocycles. The summed E-state index contributed by atoms with van der Waals surface area (Å²) in [4.78, 5) is 4.41. The van der Waals surface area contributed by atoms with Gasteiger partial charge < -0.3 is 9.88 Å². The van der Waals surface area contributed by atoms with Crippen LogP contribution in [0, 0.1) is 0 Å². The highest BCUT2D eigenvalue weighted by atomic mass is 35.5. The molecule has 19 heavy (non-hydrogen) atoms. The Hall–Kier alpha value is -2.00. The van der Waals surface area contributed by atoms with E-state index in [4.69, 9.17) is 11.6 Å². The van der Waals surface area contributed by atoms with E-state index in [0.717, 1.165) is 28.2 Å². The van der Waals surface area contributed by atoms with E-state index < -0.39 is 0 Å². The number of nitrogens with zero attached hydrogens (tertiary/aromatic N) is 2. The molecule has 0 saturated carbocycles. The van der Waals surface area contributed by atoms with Gasteiger partial charge in [-0.1, -0.05) is 11.6 Å². The Morgan fingerprint density at radius 2 is 2.11 bits per heavy atom. The molecular formula is C15H14ClN3. The van der Waals surface area contributed by atoms with Crippen LogP contribution in [0.4, 0.5) is 5.69 Å². The van der Waals surface area contributed by atoms with Crippen molar-refractivity contribution in [2.75, 3.05) is 5.32 Å². The zero-order chi connectivity index (χ0) is 13.2. The van der Waals surface area contributed by atoms with E-state index in [2.05, 4.69) is 20.9 Å². The average Bonchev–Trinajstić information content (AvgIpc) is 2.84. The minimum Gasteiger partial charge on any atom is -0.378 e. The van der Waals surface area contributed by atoms with Gasteiger partial charge in [-0.2, -0.15) is 0 Å². The van der Waals surface area contributed by atoms with Gasteiger partial charge in [-0.15, -0.1) is 0 Å². The number of anilines is 1. The Labute approximate surface area is 116 Å². The molecule has 0 aliphatic heterocycles. The second-order valence-corrected chi connectivity index (χ2v) is 4.87. The standard InChI is InChI=1S/C15H14ClN3/c1-19-9-3-4-11(19)10-18-14-7-6-13(16)12-5-2-8-17-15(12)14/h2-9,18H,10H2,1H3. The number of rotatable bonds is 3. The SMILES string of the molecule is Cn1cccc1CNc1ccc(Cl)c2cccnc12. The first-order valence-electron chi connectivity index (χ1n) is 6.13. The summed E-state index contributed by atoms with van der Waals surface area (Å²) in [7, 11) is 2.04. The first-order valence-corrected chi connectivity index (χ1v) is 6.51. The van der Waals surface area contributed by atoms with Crippen LogP contribution in [-0.4, -0.2) is 9.55 Å². The van der Waals surface area contributed by atoms with Crippen molar-refractivity contribution >= 4 is 28.2 Å². The Balaban J connectivity index is 1.93. The lowest BCUT2D eigenvalue weighted by Gasteiger charge is -2.10. The van der Waals surface area contributed by atoms with Gasteiger partial charge in [0.1, 0.15) is 0 Å². The molecule has 3 rings (SSSR count). The number of hydrogen-bond acceptors (Lipinski definition) is 2. The number of pyridine rings is 1. The normalized spacial score (nSPS) is 10.8. The van der Waals surface area contributed by atoms with E-state index >= 15 is 0 Å². The molecule has 0 radical (unpaired) electrons. The van der Waals surface area contributed by atoms with Crippen molar-refractivity contribution in [2.24, 2.45) is 7.05 Å². The predicted octanol–water partition coefficient (Wildman–Crippen LogP) is 3.84. The third-order valence-corrected chi connectivity index (χ3v) is 3.56. The third kappa shape index (κ3) is 2.29. The van der Waals surface area contributed by atoms with Crippen molar-refractivity contribution in [3.8, 4) is 0 Å². The van der Waals surface area contributed by atoms with Gasteiger partial charge in [-0.05, 0) is 36.4 Å². The minimum atomic E-state index is 0.729. The number of nitrogens with one attached hydrogen (secondary N) is 1. The van der Waals surface area contributed by atoms with Gasteiger partial charge in [0, 0.05) is 30.5 Å². The van der Waals surface area contributed by atoms with E-state index in [1.165, 1.54) is 5.69 Å². The van der Waals surface area contributed by atoms with Gasteiger partial charge in [0.25, 0.3) is 0 Å². The molecule has 2 heterocycles. The summed E-state index contributed by atoms with van der Waals surface area (Å²) in [6.07, 6.45) is 3.82. The molecule has 0 fully saturated rings. The Kier molecular flexibility index (Phi) is 3.13.